The number of hydrogen-bond acceptors (Lipinski definition) is 4. The van der Waals surface area contributed by atoms with Gasteiger partial charge in [-0.25, -0.2) is 4.98 Å². The van der Waals surface area contributed by atoms with Gasteiger partial charge in [0.25, 0.3) is 5.56 Å². The van der Waals surface area contributed by atoms with Gasteiger partial charge in [0, 0.05) is 43.6 Å². The summed E-state index contributed by atoms with van der Waals surface area (Å²) in [7, 11) is 0. The molecule has 0 spiro atoms. The van der Waals surface area contributed by atoms with E-state index >= 15 is 0 Å². The molecule has 5 nitrogen and oxygen atoms in total. The van der Waals surface area contributed by atoms with Crippen LogP contribution in [0, 0.1) is 0 Å². The zero-order valence-corrected chi connectivity index (χ0v) is 12.5. The van der Waals surface area contributed by atoms with Crippen molar-refractivity contribution in [3.63, 3.8) is 0 Å². The summed E-state index contributed by atoms with van der Waals surface area (Å²) in [6.07, 6.45) is 12.1. The van der Waals surface area contributed by atoms with E-state index < -0.39 is 0 Å². The lowest BCUT2D eigenvalue weighted by Crippen LogP contribution is -2.48. The molecule has 21 heavy (non-hydrogen) atoms. The number of aromatic nitrogens is 2. The van der Waals surface area contributed by atoms with Crippen LogP contribution in [0.15, 0.2) is 17.2 Å². The van der Waals surface area contributed by atoms with Crippen molar-refractivity contribution in [2.75, 3.05) is 18.0 Å². The lowest BCUT2D eigenvalue weighted by atomic mass is 10.0. The minimum Gasteiger partial charge on any atom is -0.348 e. The van der Waals surface area contributed by atoms with E-state index in [-0.39, 0.29) is 5.56 Å². The molecule has 1 saturated heterocycles. The van der Waals surface area contributed by atoms with Crippen LogP contribution in [0.5, 0.6) is 0 Å². The van der Waals surface area contributed by atoms with Gasteiger partial charge in [-0.2, -0.15) is 0 Å². The van der Waals surface area contributed by atoms with Crippen molar-refractivity contribution in [3.8, 4) is 0 Å². The fourth-order valence-corrected chi connectivity index (χ4v) is 3.33. The summed E-state index contributed by atoms with van der Waals surface area (Å²) in [5, 5.41) is 3.62. The number of hydrogen-bond donors (Lipinski definition) is 1. The predicted octanol–water partition coefficient (Wildman–Crippen LogP) is 1.69. The molecule has 0 amide bonds. The Kier molecular flexibility index (Phi) is 3.45. The van der Waals surface area contributed by atoms with E-state index in [2.05, 4.69) is 15.2 Å². The van der Waals surface area contributed by atoms with E-state index in [0.717, 1.165) is 32.0 Å². The number of nitrogens with one attached hydrogen (secondary N) is 1. The van der Waals surface area contributed by atoms with Crippen LogP contribution < -0.4 is 15.8 Å². The summed E-state index contributed by atoms with van der Waals surface area (Å²) in [6, 6.07) is 1.57. The second kappa shape index (κ2) is 5.44. The zero-order chi connectivity index (χ0) is 14.2. The highest BCUT2D eigenvalue weighted by atomic mass is 16.1. The van der Waals surface area contributed by atoms with Gasteiger partial charge in [0.15, 0.2) is 5.82 Å². The van der Waals surface area contributed by atoms with Crippen LogP contribution in [0.1, 0.15) is 51.0 Å². The van der Waals surface area contributed by atoms with Gasteiger partial charge in [-0.3, -0.25) is 4.79 Å². The second-order valence-electron chi connectivity index (χ2n) is 6.72. The molecule has 3 aliphatic rings. The molecule has 1 aromatic rings. The van der Waals surface area contributed by atoms with E-state index in [9.17, 15) is 4.79 Å². The third-order valence-corrected chi connectivity index (χ3v) is 4.91. The molecule has 2 heterocycles. The quantitative estimate of drug-likeness (QED) is 0.896. The summed E-state index contributed by atoms with van der Waals surface area (Å²) in [4.78, 5) is 19.4. The van der Waals surface area contributed by atoms with Crippen molar-refractivity contribution < 1.29 is 0 Å². The number of anilines is 1. The maximum absolute atomic E-state index is 12.7. The standard InChI is InChI=1S/C16H24N4O/c21-16-15(17-8-10-20(16)13-6-7-13)19-9-2-1-3-14(19)11-18-12-4-5-12/h8,10,12-14,18H,1-7,9,11H2. The monoisotopic (exact) mass is 288 g/mol. The highest BCUT2D eigenvalue weighted by molar-refractivity contribution is 5.38. The molecule has 0 aromatic carbocycles. The Morgan fingerprint density at radius 3 is 2.81 bits per heavy atom. The van der Waals surface area contributed by atoms with Crippen molar-refractivity contribution >= 4 is 5.82 Å². The smallest absolute Gasteiger partial charge is 0.293 e. The average Bonchev–Trinajstić information content (AvgIpc) is 3.39. The Labute approximate surface area is 125 Å². The van der Waals surface area contributed by atoms with Crippen molar-refractivity contribution in [3.05, 3.63) is 22.7 Å². The van der Waals surface area contributed by atoms with Crippen molar-refractivity contribution in [2.24, 2.45) is 0 Å². The molecule has 5 heteroatoms. The van der Waals surface area contributed by atoms with Gasteiger partial charge in [-0.15, -0.1) is 0 Å². The Morgan fingerprint density at radius 1 is 1.19 bits per heavy atom. The molecule has 1 aromatic heterocycles. The molecular formula is C16H24N4O. The third-order valence-electron chi connectivity index (χ3n) is 4.91. The first-order valence-electron chi connectivity index (χ1n) is 8.40. The summed E-state index contributed by atoms with van der Waals surface area (Å²) in [5.41, 5.74) is 0.110. The minimum atomic E-state index is 0.110. The first-order valence-corrected chi connectivity index (χ1v) is 8.40. The van der Waals surface area contributed by atoms with E-state index in [0.29, 0.717) is 17.9 Å². The van der Waals surface area contributed by atoms with Crippen molar-refractivity contribution in [2.45, 2.75) is 63.1 Å². The first kappa shape index (κ1) is 13.3. The number of nitrogens with zero attached hydrogens (tertiary/aromatic N) is 3. The van der Waals surface area contributed by atoms with Gasteiger partial charge < -0.3 is 14.8 Å². The zero-order valence-electron chi connectivity index (χ0n) is 12.5. The van der Waals surface area contributed by atoms with Gasteiger partial charge in [0.05, 0.1) is 0 Å². The summed E-state index contributed by atoms with van der Waals surface area (Å²) in [5.74, 6) is 0.673. The van der Waals surface area contributed by atoms with Crippen LogP contribution >= 0.6 is 0 Å². The Morgan fingerprint density at radius 2 is 2.05 bits per heavy atom. The highest BCUT2D eigenvalue weighted by Crippen LogP contribution is 2.33. The van der Waals surface area contributed by atoms with Crippen LogP contribution in [-0.2, 0) is 0 Å². The lowest BCUT2D eigenvalue weighted by molar-refractivity contribution is 0.429. The fraction of sp³-hybridized carbons (Fsp3) is 0.750. The summed E-state index contributed by atoms with van der Waals surface area (Å²) in [6.45, 7) is 1.96. The molecule has 1 atom stereocenters. The van der Waals surface area contributed by atoms with Crippen LogP contribution in [-0.4, -0.2) is 34.7 Å². The third kappa shape index (κ3) is 2.84. The molecule has 1 unspecified atom stereocenters. The van der Waals surface area contributed by atoms with Gasteiger partial charge in [0.1, 0.15) is 0 Å². The van der Waals surface area contributed by atoms with Crippen molar-refractivity contribution in [1.82, 2.24) is 14.9 Å². The molecule has 1 aliphatic heterocycles. The SMILES string of the molecule is O=c1c(N2CCCCC2CNC2CC2)nccn1C1CC1. The average molecular weight is 288 g/mol. The van der Waals surface area contributed by atoms with Crippen LogP contribution in [0.4, 0.5) is 5.82 Å². The van der Waals surface area contributed by atoms with Gasteiger partial charge in [-0.05, 0) is 44.9 Å². The Hall–Kier alpha value is -1.36. The Balaban J connectivity index is 1.56. The van der Waals surface area contributed by atoms with Gasteiger partial charge in [0.2, 0.25) is 0 Å². The maximum Gasteiger partial charge on any atom is 0.293 e. The Bertz CT molecular complexity index is 562. The highest BCUT2D eigenvalue weighted by Gasteiger charge is 2.30. The summed E-state index contributed by atoms with van der Waals surface area (Å²) >= 11 is 0. The first-order chi connectivity index (χ1) is 10.3. The molecule has 2 saturated carbocycles. The minimum absolute atomic E-state index is 0.110. The molecule has 0 radical (unpaired) electrons. The van der Waals surface area contributed by atoms with E-state index in [1.165, 1.54) is 32.1 Å². The molecule has 2 aliphatic carbocycles. The molecule has 114 valence electrons. The second-order valence-corrected chi connectivity index (χ2v) is 6.72. The molecule has 1 N–H and O–H groups in total. The predicted molar refractivity (Wildman–Crippen MR) is 82.8 cm³/mol. The number of rotatable bonds is 5. The van der Waals surface area contributed by atoms with Crippen molar-refractivity contribution in [1.29, 1.82) is 0 Å². The maximum atomic E-state index is 12.7. The lowest BCUT2D eigenvalue weighted by Gasteiger charge is -2.36. The van der Waals surface area contributed by atoms with Crippen LogP contribution in [0.25, 0.3) is 0 Å². The normalized spacial score (nSPS) is 26.1. The number of piperidine rings is 1. The van der Waals surface area contributed by atoms with Gasteiger partial charge >= 0.3 is 0 Å². The molecule has 3 fully saturated rings. The largest absolute Gasteiger partial charge is 0.348 e. The molecular weight excluding hydrogens is 264 g/mol. The van der Waals surface area contributed by atoms with Crippen LogP contribution in [0.2, 0.25) is 0 Å². The van der Waals surface area contributed by atoms with E-state index in [1.807, 2.05) is 10.8 Å². The fourth-order valence-electron chi connectivity index (χ4n) is 3.33. The van der Waals surface area contributed by atoms with Crippen LogP contribution in [0.3, 0.4) is 0 Å². The van der Waals surface area contributed by atoms with E-state index in [4.69, 9.17) is 0 Å². The molecule has 4 rings (SSSR count). The van der Waals surface area contributed by atoms with E-state index in [1.54, 1.807) is 6.20 Å². The topological polar surface area (TPSA) is 50.2 Å². The molecule has 0 bridgehead atoms. The summed E-state index contributed by atoms with van der Waals surface area (Å²) < 4.78 is 1.89. The van der Waals surface area contributed by atoms with Gasteiger partial charge in [-0.1, -0.05) is 0 Å².